The van der Waals surface area contributed by atoms with Gasteiger partial charge in [-0.25, -0.2) is 4.79 Å². The SMILES string of the molecule is COC(=O)[C@H]1C(=O)C2=C(C[C@@H]1C)NC(C)=C(C(=O)OC(C)C)[C@H]2c1ccc2c(c1)OCO2. The molecule has 1 aromatic carbocycles. The van der Waals surface area contributed by atoms with E-state index in [1.807, 2.05) is 13.0 Å². The number of benzene rings is 1. The van der Waals surface area contributed by atoms with Crippen LogP contribution in [0.2, 0.25) is 0 Å². The van der Waals surface area contributed by atoms with Crippen LogP contribution in [0.5, 0.6) is 11.5 Å². The molecular weight excluding hydrogens is 414 g/mol. The summed E-state index contributed by atoms with van der Waals surface area (Å²) in [6.45, 7) is 7.29. The molecule has 170 valence electrons. The largest absolute Gasteiger partial charge is 0.468 e. The van der Waals surface area contributed by atoms with E-state index in [1.165, 1.54) is 7.11 Å². The molecule has 0 bridgehead atoms. The van der Waals surface area contributed by atoms with Crippen LogP contribution in [0.15, 0.2) is 40.7 Å². The zero-order chi connectivity index (χ0) is 23.2. The van der Waals surface area contributed by atoms with Gasteiger partial charge in [0.1, 0.15) is 5.92 Å². The third-order valence-corrected chi connectivity index (χ3v) is 6.04. The first-order valence-electron chi connectivity index (χ1n) is 10.7. The van der Waals surface area contributed by atoms with Gasteiger partial charge in [0.15, 0.2) is 17.3 Å². The number of dihydropyridines is 1. The first-order valence-corrected chi connectivity index (χ1v) is 10.7. The van der Waals surface area contributed by atoms with Gasteiger partial charge in [-0.1, -0.05) is 13.0 Å². The van der Waals surface area contributed by atoms with Gasteiger partial charge < -0.3 is 24.3 Å². The molecule has 1 aliphatic carbocycles. The van der Waals surface area contributed by atoms with E-state index >= 15 is 0 Å². The first-order chi connectivity index (χ1) is 15.2. The molecule has 0 aromatic heterocycles. The number of ketones is 1. The van der Waals surface area contributed by atoms with Crippen LogP contribution in [-0.4, -0.2) is 37.7 Å². The fraction of sp³-hybridized carbons (Fsp3) is 0.458. The van der Waals surface area contributed by atoms with Crippen LogP contribution in [0.25, 0.3) is 0 Å². The zero-order valence-corrected chi connectivity index (χ0v) is 18.8. The van der Waals surface area contributed by atoms with Crippen LogP contribution in [0.4, 0.5) is 0 Å². The second kappa shape index (κ2) is 8.33. The fourth-order valence-corrected chi connectivity index (χ4v) is 4.65. The summed E-state index contributed by atoms with van der Waals surface area (Å²) in [5, 5.41) is 3.24. The van der Waals surface area contributed by atoms with Crippen molar-refractivity contribution in [1.29, 1.82) is 0 Å². The predicted molar refractivity (Wildman–Crippen MR) is 114 cm³/mol. The molecule has 0 unspecified atom stereocenters. The van der Waals surface area contributed by atoms with Gasteiger partial charge in [0.05, 0.1) is 18.8 Å². The number of hydrogen-bond acceptors (Lipinski definition) is 8. The average Bonchev–Trinajstić information content (AvgIpc) is 3.19. The number of rotatable bonds is 4. The average molecular weight is 441 g/mol. The van der Waals surface area contributed by atoms with Crippen LogP contribution in [0.1, 0.15) is 45.6 Å². The van der Waals surface area contributed by atoms with Gasteiger partial charge in [0.25, 0.3) is 0 Å². The molecule has 2 aliphatic heterocycles. The summed E-state index contributed by atoms with van der Waals surface area (Å²) in [5.74, 6) is -2.18. The molecule has 0 saturated heterocycles. The first kappa shape index (κ1) is 21.9. The predicted octanol–water partition coefficient (Wildman–Crippen LogP) is 2.98. The number of fused-ring (bicyclic) bond motifs is 1. The summed E-state index contributed by atoms with van der Waals surface area (Å²) in [7, 11) is 1.27. The highest BCUT2D eigenvalue weighted by atomic mass is 16.7. The molecule has 3 atom stereocenters. The molecule has 2 heterocycles. The molecule has 3 aliphatic rings. The van der Waals surface area contributed by atoms with Crippen molar-refractivity contribution in [3.8, 4) is 11.5 Å². The zero-order valence-electron chi connectivity index (χ0n) is 18.8. The van der Waals surface area contributed by atoms with E-state index in [4.69, 9.17) is 18.9 Å². The molecule has 8 heteroatoms. The second-order valence-corrected chi connectivity index (χ2v) is 8.60. The van der Waals surface area contributed by atoms with E-state index in [0.29, 0.717) is 46.0 Å². The molecule has 0 saturated carbocycles. The Morgan fingerprint density at radius 1 is 1.19 bits per heavy atom. The standard InChI is InChI=1S/C24H27NO7/c1-11(2)32-24(28)19-13(4)25-15-8-12(3)18(23(27)29-5)22(26)21(15)20(19)14-6-7-16-17(9-14)31-10-30-16/h6-7,9,11-12,18,20,25H,8,10H2,1-5H3/t12-,18+,20+/m0/s1. The summed E-state index contributed by atoms with van der Waals surface area (Å²) < 4.78 is 21.4. The number of carbonyl (C=O) groups excluding carboxylic acids is 3. The fourth-order valence-electron chi connectivity index (χ4n) is 4.65. The van der Waals surface area contributed by atoms with Gasteiger partial charge in [-0.3, -0.25) is 9.59 Å². The van der Waals surface area contributed by atoms with Gasteiger partial charge >= 0.3 is 11.9 Å². The van der Waals surface area contributed by atoms with Crippen LogP contribution >= 0.6 is 0 Å². The number of esters is 2. The van der Waals surface area contributed by atoms with Crippen molar-refractivity contribution in [2.75, 3.05) is 13.9 Å². The Morgan fingerprint density at radius 3 is 2.59 bits per heavy atom. The molecule has 8 nitrogen and oxygen atoms in total. The number of Topliss-reactive ketones (excluding diaryl/α,β-unsaturated/α-hetero) is 1. The molecule has 0 fully saturated rings. The van der Waals surface area contributed by atoms with Crippen LogP contribution in [0, 0.1) is 11.8 Å². The summed E-state index contributed by atoms with van der Waals surface area (Å²) in [6, 6.07) is 5.34. The van der Waals surface area contributed by atoms with E-state index in [9.17, 15) is 14.4 Å². The van der Waals surface area contributed by atoms with Crippen molar-refractivity contribution in [2.24, 2.45) is 11.8 Å². The van der Waals surface area contributed by atoms with Crippen LogP contribution in [-0.2, 0) is 23.9 Å². The van der Waals surface area contributed by atoms with Crippen LogP contribution < -0.4 is 14.8 Å². The van der Waals surface area contributed by atoms with Crippen molar-refractivity contribution in [3.05, 3.63) is 46.3 Å². The minimum Gasteiger partial charge on any atom is -0.468 e. The maximum atomic E-state index is 13.7. The Kier molecular flexibility index (Phi) is 5.71. The monoisotopic (exact) mass is 441 g/mol. The van der Waals surface area contributed by atoms with Gasteiger partial charge in [-0.05, 0) is 50.8 Å². The van der Waals surface area contributed by atoms with Gasteiger partial charge in [-0.2, -0.15) is 0 Å². The Morgan fingerprint density at radius 2 is 1.91 bits per heavy atom. The Bertz CT molecular complexity index is 1050. The molecule has 0 amide bonds. The highest BCUT2D eigenvalue weighted by Gasteiger charge is 2.47. The lowest BCUT2D eigenvalue weighted by molar-refractivity contribution is -0.151. The summed E-state index contributed by atoms with van der Waals surface area (Å²) in [4.78, 5) is 39.3. The maximum absolute atomic E-state index is 13.7. The third-order valence-electron chi connectivity index (χ3n) is 6.04. The number of nitrogens with one attached hydrogen (secondary N) is 1. The van der Waals surface area contributed by atoms with Crippen LogP contribution in [0.3, 0.4) is 0 Å². The highest BCUT2D eigenvalue weighted by molar-refractivity contribution is 6.12. The number of methoxy groups -OCH3 is 1. The van der Waals surface area contributed by atoms with E-state index in [-0.39, 0.29) is 24.6 Å². The van der Waals surface area contributed by atoms with Crippen molar-refractivity contribution in [3.63, 3.8) is 0 Å². The number of hydrogen-bond donors (Lipinski definition) is 1. The van der Waals surface area contributed by atoms with Crippen molar-refractivity contribution in [2.45, 2.75) is 46.1 Å². The summed E-state index contributed by atoms with van der Waals surface area (Å²) in [5.41, 5.74) is 2.74. The Labute approximate surface area is 186 Å². The smallest absolute Gasteiger partial charge is 0.337 e. The lowest BCUT2D eigenvalue weighted by Gasteiger charge is -2.38. The number of ether oxygens (including phenoxy) is 4. The van der Waals surface area contributed by atoms with Gasteiger partial charge in [0, 0.05) is 22.9 Å². The topological polar surface area (TPSA) is 100 Å². The molecule has 32 heavy (non-hydrogen) atoms. The molecule has 1 N–H and O–H groups in total. The lowest BCUT2D eigenvalue weighted by atomic mass is 9.69. The van der Waals surface area contributed by atoms with E-state index in [0.717, 1.165) is 0 Å². The van der Waals surface area contributed by atoms with Crippen molar-refractivity contribution < 1.29 is 33.3 Å². The number of carbonyl (C=O) groups is 3. The van der Waals surface area contributed by atoms with Crippen molar-refractivity contribution >= 4 is 17.7 Å². The van der Waals surface area contributed by atoms with Gasteiger partial charge in [-0.15, -0.1) is 0 Å². The molecule has 1 aromatic rings. The number of allylic oxidation sites excluding steroid dienone is 3. The van der Waals surface area contributed by atoms with Crippen molar-refractivity contribution in [1.82, 2.24) is 5.32 Å². The minimum atomic E-state index is -0.933. The summed E-state index contributed by atoms with van der Waals surface area (Å²) in [6.07, 6.45) is 0.145. The quantitative estimate of drug-likeness (QED) is 0.562. The minimum absolute atomic E-state index is 0.108. The lowest BCUT2D eigenvalue weighted by Crippen LogP contribution is -2.43. The maximum Gasteiger partial charge on any atom is 0.337 e. The molecule has 4 rings (SSSR count). The molecular formula is C24H27NO7. The van der Waals surface area contributed by atoms with E-state index < -0.39 is 23.8 Å². The second-order valence-electron chi connectivity index (χ2n) is 8.60. The Hall–Kier alpha value is -3.29. The molecule has 0 radical (unpaired) electrons. The highest BCUT2D eigenvalue weighted by Crippen LogP contribution is 2.47. The Balaban J connectivity index is 1.87. The van der Waals surface area contributed by atoms with Gasteiger partial charge in [0.2, 0.25) is 6.79 Å². The summed E-state index contributed by atoms with van der Waals surface area (Å²) >= 11 is 0. The third kappa shape index (κ3) is 3.63. The molecule has 0 spiro atoms. The normalized spacial score (nSPS) is 24.3. The van der Waals surface area contributed by atoms with E-state index in [1.54, 1.807) is 32.9 Å². The van der Waals surface area contributed by atoms with E-state index in [2.05, 4.69) is 5.32 Å².